The molecule has 0 aliphatic carbocycles. The molecule has 2 amide bonds. The first kappa shape index (κ1) is 22.8. The molecule has 1 aliphatic heterocycles. The number of esters is 1. The number of nitrogens with zero attached hydrogens (tertiary/aromatic N) is 2. The summed E-state index contributed by atoms with van der Waals surface area (Å²) in [5, 5.41) is 2.26. The smallest absolute Gasteiger partial charge is 0.339 e. The molecule has 3 rings (SSSR count). The zero-order chi connectivity index (χ0) is 20.3. The fraction of sp³-hybridized carbons (Fsp3) is 0.294. The summed E-state index contributed by atoms with van der Waals surface area (Å²) in [6.07, 6.45) is -0.416. The van der Waals surface area contributed by atoms with Gasteiger partial charge in [0.2, 0.25) is 5.95 Å². The van der Waals surface area contributed by atoms with Crippen LogP contribution < -0.4 is 10.0 Å². The van der Waals surface area contributed by atoms with Gasteiger partial charge in [-0.2, -0.15) is 0 Å². The van der Waals surface area contributed by atoms with Crippen LogP contribution >= 0.6 is 0 Å². The van der Waals surface area contributed by atoms with E-state index in [1.165, 1.54) is 24.3 Å². The molecule has 29 heavy (non-hydrogen) atoms. The third kappa shape index (κ3) is 5.73. The van der Waals surface area contributed by atoms with Gasteiger partial charge < -0.3 is 9.47 Å². The van der Waals surface area contributed by atoms with Crippen molar-refractivity contribution in [3.63, 3.8) is 0 Å². The number of rotatable bonds is 5. The number of sulfonamides is 1. The van der Waals surface area contributed by atoms with Gasteiger partial charge in [-0.05, 0) is 32.0 Å². The maximum absolute atomic E-state index is 12.6. The number of aryl methyl sites for hydroxylation is 2. The van der Waals surface area contributed by atoms with Gasteiger partial charge in [-0.1, -0.05) is 12.1 Å². The Balaban J connectivity index is 0.00000300. The molecule has 1 aromatic carbocycles. The zero-order valence-corrected chi connectivity index (χ0v) is 17.2. The van der Waals surface area contributed by atoms with Gasteiger partial charge in [0.1, 0.15) is 11.0 Å². The molecule has 0 atom stereocenters. The third-order valence-electron chi connectivity index (χ3n) is 3.71. The van der Waals surface area contributed by atoms with Crippen molar-refractivity contribution in [2.75, 3.05) is 18.5 Å². The van der Waals surface area contributed by atoms with Crippen LogP contribution in [0.3, 0.4) is 0 Å². The van der Waals surface area contributed by atoms with Crippen LogP contribution in [0.25, 0.3) is 0 Å². The summed E-state index contributed by atoms with van der Waals surface area (Å²) >= 11 is 0. The Kier molecular flexibility index (Phi) is 7.31. The molecule has 12 heteroatoms. The maximum Gasteiger partial charge on any atom is 0.339 e. The van der Waals surface area contributed by atoms with Gasteiger partial charge in [0, 0.05) is 28.5 Å². The average molecular weight is 470 g/mol. The average Bonchev–Trinajstić information content (AvgIpc) is 2.56. The second-order valence-corrected chi connectivity index (χ2v) is 7.75. The number of nitrogens with one attached hydrogen (secondary N) is 2. The number of urea groups is 1. The SMILES string of the molecule is Cc1cc(C)nc(NC(=O)NS(=O)(=O)c2ccccc2C(=O)OC2COC2)n1.[Cu]. The van der Waals surface area contributed by atoms with Gasteiger partial charge in [0.25, 0.3) is 10.0 Å². The number of ether oxygens (including phenoxy) is 2. The number of anilines is 1. The van der Waals surface area contributed by atoms with Gasteiger partial charge in [-0.3, -0.25) is 5.32 Å². The van der Waals surface area contributed by atoms with E-state index in [0.29, 0.717) is 11.4 Å². The largest absolute Gasteiger partial charge is 0.454 e. The molecule has 0 bridgehead atoms. The van der Waals surface area contributed by atoms with Crippen LogP contribution in [0.1, 0.15) is 21.7 Å². The van der Waals surface area contributed by atoms with E-state index >= 15 is 0 Å². The Labute approximate surface area is 177 Å². The van der Waals surface area contributed by atoms with Crippen LogP contribution in [0.4, 0.5) is 10.7 Å². The van der Waals surface area contributed by atoms with Crippen molar-refractivity contribution in [1.29, 1.82) is 0 Å². The summed E-state index contributed by atoms with van der Waals surface area (Å²) in [6, 6.07) is 6.09. The van der Waals surface area contributed by atoms with Gasteiger partial charge in [-0.15, -0.1) is 0 Å². The normalized spacial score (nSPS) is 13.6. The van der Waals surface area contributed by atoms with Gasteiger partial charge >= 0.3 is 12.0 Å². The van der Waals surface area contributed by atoms with E-state index < -0.39 is 28.1 Å². The number of amides is 2. The molecular weight excluding hydrogens is 452 g/mol. The van der Waals surface area contributed by atoms with E-state index in [0.717, 1.165) is 0 Å². The van der Waals surface area contributed by atoms with Crippen molar-refractivity contribution in [2.24, 2.45) is 0 Å². The summed E-state index contributed by atoms with van der Waals surface area (Å²) in [4.78, 5) is 32.0. The molecule has 0 unspecified atom stereocenters. The van der Waals surface area contributed by atoms with Gasteiger partial charge in [-0.25, -0.2) is 32.7 Å². The van der Waals surface area contributed by atoms with Crippen LogP contribution in [0, 0.1) is 13.8 Å². The summed E-state index contributed by atoms with van der Waals surface area (Å²) in [5.74, 6) is -0.852. The van der Waals surface area contributed by atoms with Crippen molar-refractivity contribution in [3.8, 4) is 0 Å². The van der Waals surface area contributed by atoms with E-state index in [-0.39, 0.29) is 46.7 Å². The van der Waals surface area contributed by atoms with Crippen LogP contribution in [0.2, 0.25) is 0 Å². The van der Waals surface area contributed by atoms with Crippen LogP contribution in [-0.4, -0.2) is 49.7 Å². The maximum atomic E-state index is 12.6. The molecule has 10 nitrogen and oxygen atoms in total. The molecule has 1 fully saturated rings. The monoisotopic (exact) mass is 469 g/mol. The Morgan fingerprint density at radius 2 is 1.76 bits per heavy atom. The predicted octanol–water partition coefficient (Wildman–Crippen LogP) is 1.16. The zero-order valence-electron chi connectivity index (χ0n) is 15.4. The molecule has 1 saturated heterocycles. The summed E-state index contributed by atoms with van der Waals surface area (Å²) < 4.78 is 37.2. The van der Waals surface area contributed by atoms with E-state index in [1.807, 2.05) is 4.72 Å². The number of carbonyl (C=O) groups is 2. The third-order valence-corrected chi connectivity index (χ3v) is 5.10. The fourth-order valence-electron chi connectivity index (χ4n) is 2.45. The standard InChI is InChI=1S/C17H18N4O6S.Cu/c1-10-7-11(2)19-16(18-10)20-17(23)21-28(24,25)14-6-4-3-5-13(14)15(22)27-12-8-26-9-12;/h3-7,12H,8-9H2,1-2H3,(H2,18,19,20,21,23);. The first-order valence-corrected chi connectivity index (χ1v) is 9.77. The van der Waals surface area contributed by atoms with Gasteiger partial charge in [0.15, 0.2) is 0 Å². The number of benzene rings is 1. The molecule has 2 aromatic rings. The fourth-order valence-corrected chi connectivity index (χ4v) is 3.56. The van der Waals surface area contributed by atoms with Gasteiger partial charge in [0.05, 0.1) is 18.8 Å². The minimum Gasteiger partial charge on any atom is -0.454 e. The minimum atomic E-state index is -4.35. The number of aromatic nitrogens is 2. The van der Waals surface area contributed by atoms with Crippen LogP contribution in [-0.2, 0) is 36.6 Å². The second kappa shape index (κ2) is 9.31. The summed E-state index contributed by atoms with van der Waals surface area (Å²) in [5.41, 5.74) is 1.04. The molecular formula is C17H18CuN4O6S. The first-order valence-electron chi connectivity index (χ1n) is 8.28. The molecule has 1 aliphatic rings. The molecule has 159 valence electrons. The van der Waals surface area contributed by atoms with Crippen LogP contribution in [0.15, 0.2) is 35.2 Å². The minimum absolute atomic E-state index is 0. The van der Waals surface area contributed by atoms with Crippen molar-refractivity contribution < 1.29 is 44.5 Å². The van der Waals surface area contributed by atoms with E-state index in [9.17, 15) is 18.0 Å². The van der Waals surface area contributed by atoms with Crippen molar-refractivity contribution in [2.45, 2.75) is 24.8 Å². The predicted molar refractivity (Wildman–Crippen MR) is 97.3 cm³/mol. The number of hydrogen-bond acceptors (Lipinski definition) is 8. The molecule has 0 spiro atoms. The van der Waals surface area contributed by atoms with E-state index in [4.69, 9.17) is 9.47 Å². The molecule has 2 N–H and O–H groups in total. The molecule has 1 aromatic heterocycles. The number of hydrogen-bond donors (Lipinski definition) is 2. The summed E-state index contributed by atoms with van der Waals surface area (Å²) in [6.45, 7) is 3.95. The summed E-state index contributed by atoms with van der Waals surface area (Å²) in [7, 11) is -4.35. The van der Waals surface area contributed by atoms with Crippen molar-refractivity contribution in [1.82, 2.24) is 14.7 Å². The topological polar surface area (TPSA) is 137 Å². The number of carbonyl (C=O) groups excluding carboxylic acids is 2. The van der Waals surface area contributed by atoms with Crippen molar-refractivity contribution >= 4 is 28.0 Å². The second-order valence-electron chi connectivity index (χ2n) is 6.09. The Hall–Kier alpha value is -2.53. The molecule has 0 saturated carbocycles. The van der Waals surface area contributed by atoms with Crippen molar-refractivity contribution in [3.05, 3.63) is 47.3 Å². The molecule has 2 heterocycles. The molecule has 1 radical (unpaired) electrons. The Bertz CT molecular complexity index is 1010. The quantitative estimate of drug-likeness (QED) is 0.491. The van der Waals surface area contributed by atoms with E-state index in [1.54, 1.807) is 19.9 Å². The Morgan fingerprint density at radius 3 is 2.34 bits per heavy atom. The van der Waals surface area contributed by atoms with E-state index in [2.05, 4.69) is 15.3 Å². The Morgan fingerprint density at radius 1 is 1.14 bits per heavy atom. The van der Waals surface area contributed by atoms with Crippen LogP contribution in [0.5, 0.6) is 0 Å². The first-order chi connectivity index (χ1) is 13.2.